The number of hydrogen-bond acceptors (Lipinski definition) is 3. The summed E-state index contributed by atoms with van der Waals surface area (Å²) in [6.07, 6.45) is 0. The fraction of sp³-hybridized carbons (Fsp3) is 0.250. The standard InChI is InChI=1S/C8H8NO3/c1-2-12-8-5-3-4-7(6-8)9(10)11/h3-4,6H,2H2,1H3. The highest BCUT2D eigenvalue weighted by molar-refractivity contribution is 5.36. The van der Waals surface area contributed by atoms with Crippen molar-refractivity contribution < 1.29 is 9.66 Å². The van der Waals surface area contributed by atoms with Crippen LogP contribution < -0.4 is 4.74 Å². The zero-order chi connectivity index (χ0) is 8.97. The summed E-state index contributed by atoms with van der Waals surface area (Å²) in [5, 5.41) is 10.3. The maximum Gasteiger partial charge on any atom is 0.273 e. The molecule has 12 heavy (non-hydrogen) atoms. The van der Waals surface area contributed by atoms with Gasteiger partial charge in [-0.15, -0.1) is 0 Å². The van der Waals surface area contributed by atoms with Crippen molar-refractivity contribution in [3.8, 4) is 5.75 Å². The summed E-state index contributed by atoms with van der Waals surface area (Å²) in [7, 11) is 0. The average molecular weight is 166 g/mol. The summed E-state index contributed by atoms with van der Waals surface area (Å²) in [6, 6.07) is 6.94. The van der Waals surface area contributed by atoms with Crippen molar-refractivity contribution in [2.75, 3.05) is 6.61 Å². The van der Waals surface area contributed by atoms with Crippen molar-refractivity contribution in [3.63, 3.8) is 0 Å². The lowest BCUT2D eigenvalue weighted by Gasteiger charge is -2.00. The van der Waals surface area contributed by atoms with Gasteiger partial charge in [0.15, 0.2) is 0 Å². The molecule has 0 saturated carbocycles. The lowest BCUT2D eigenvalue weighted by Crippen LogP contribution is -1.93. The normalized spacial score (nSPS) is 9.42. The Labute approximate surface area is 69.9 Å². The number of hydrogen-bond donors (Lipinski definition) is 0. The van der Waals surface area contributed by atoms with Gasteiger partial charge in [0.2, 0.25) is 0 Å². The van der Waals surface area contributed by atoms with E-state index in [4.69, 9.17) is 4.74 Å². The van der Waals surface area contributed by atoms with Crippen LogP contribution in [0.15, 0.2) is 18.2 Å². The molecule has 0 amide bonds. The Balaban J connectivity index is 2.88. The van der Waals surface area contributed by atoms with E-state index in [1.165, 1.54) is 18.2 Å². The molecule has 1 radical (unpaired) electrons. The van der Waals surface area contributed by atoms with Gasteiger partial charge in [-0.25, -0.2) is 0 Å². The fourth-order valence-corrected chi connectivity index (χ4v) is 0.786. The van der Waals surface area contributed by atoms with Crippen LogP contribution in [-0.4, -0.2) is 11.5 Å². The highest BCUT2D eigenvalue weighted by Crippen LogP contribution is 2.17. The van der Waals surface area contributed by atoms with Crippen molar-refractivity contribution in [1.82, 2.24) is 0 Å². The zero-order valence-corrected chi connectivity index (χ0v) is 6.61. The van der Waals surface area contributed by atoms with E-state index in [9.17, 15) is 10.1 Å². The third kappa shape index (κ3) is 1.95. The largest absolute Gasteiger partial charge is 0.493 e. The molecule has 0 aromatic heterocycles. The van der Waals surface area contributed by atoms with Gasteiger partial charge in [0.25, 0.3) is 5.69 Å². The maximum absolute atomic E-state index is 10.3. The second kappa shape index (κ2) is 3.71. The van der Waals surface area contributed by atoms with Crippen LogP contribution in [0.5, 0.6) is 5.75 Å². The molecule has 0 fully saturated rings. The van der Waals surface area contributed by atoms with Gasteiger partial charge in [0.1, 0.15) is 5.75 Å². The molecule has 0 heterocycles. The number of ether oxygens (including phenoxy) is 1. The summed E-state index contributed by atoms with van der Waals surface area (Å²) in [5.74, 6) is 0.409. The molecule has 0 aliphatic heterocycles. The molecule has 4 heteroatoms. The van der Waals surface area contributed by atoms with Crippen molar-refractivity contribution in [2.45, 2.75) is 6.92 Å². The van der Waals surface area contributed by atoms with Gasteiger partial charge in [-0.2, -0.15) is 0 Å². The van der Waals surface area contributed by atoms with Crippen LogP contribution in [0.4, 0.5) is 5.69 Å². The lowest BCUT2D eigenvalue weighted by atomic mass is 10.3. The van der Waals surface area contributed by atoms with Crippen molar-refractivity contribution in [1.29, 1.82) is 0 Å². The van der Waals surface area contributed by atoms with Crippen LogP contribution in [0, 0.1) is 16.2 Å². The first-order valence-corrected chi connectivity index (χ1v) is 3.53. The minimum Gasteiger partial charge on any atom is -0.493 e. The van der Waals surface area contributed by atoms with E-state index in [0.717, 1.165) is 0 Å². The first-order valence-electron chi connectivity index (χ1n) is 3.53. The van der Waals surface area contributed by atoms with Gasteiger partial charge >= 0.3 is 0 Å². The monoisotopic (exact) mass is 166 g/mol. The minimum atomic E-state index is -0.462. The van der Waals surface area contributed by atoms with Gasteiger partial charge in [-0.05, 0) is 13.0 Å². The Hall–Kier alpha value is -1.58. The molecule has 0 spiro atoms. The van der Waals surface area contributed by atoms with E-state index in [0.29, 0.717) is 12.4 Å². The van der Waals surface area contributed by atoms with Crippen LogP contribution in [-0.2, 0) is 0 Å². The number of non-ortho nitro benzene ring substituents is 1. The Morgan fingerprint density at radius 3 is 3.08 bits per heavy atom. The molecule has 63 valence electrons. The number of nitro groups is 1. The van der Waals surface area contributed by atoms with E-state index in [-0.39, 0.29) is 5.69 Å². The molecule has 0 N–H and O–H groups in total. The van der Waals surface area contributed by atoms with Crippen molar-refractivity contribution in [3.05, 3.63) is 34.4 Å². The molecule has 1 aromatic carbocycles. The predicted molar refractivity (Wildman–Crippen MR) is 43.1 cm³/mol. The minimum absolute atomic E-state index is 0.0252. The Bertz CT molecular complexity index is 285. The Morgan fingerprint density at radius 1 is 1.75 bits per heavy atom. The molecule has 0 aliphatic carbocycles. The van der Waals surface area contributed by atoms with Gasteiger partial charge in [-0.3, -0.25) is 10.1 Å². The third-order valence-corrected chi connectivity index (χ3v) is 1.27. The number of rotatable bonds is 3. The number of nitro benzene ring substituents is 1. The number of nitrogens with zero attached hydrogens (tertiary/aromatic N) is 1. The van der Waals surface area contributed by atoms with Gasteiger partial charge in [0.05, 0.1) is 17.6 Å². The number of benzene rings is 1. The molecule has 0 unspecified atom stereocenters. The summed E-state index contributed by atoms with van der Waals surface area (Å²) < 4.78 is 5.04. The smallest absolute Gasteiger partial charge is 0.273 e. The molecule has 1 rings (SSSR count). The van der Waals surface area contributed by atoms with Crippen LogP contribution >= 0.6 is 0 Å². The first-order chi connectivity index (χ1) is 5.74. The Kier molecular flexibility index (Phi) is 2.63. The predicted octanol–water partition coefficient (Wildman–Crippen LogP) is 1.79. The molecule has 4 nitrogen and oxygen atoms in total. The van der Waals surface area contributed by atoms with Crippen LogP contribution in [0.2, 0.25) is 0 Å². The van der Waals surface area contributed by atoms with E-state index in [1.54, 1.807) is 0 Å². The first kappa shape index (κ1) is 8.52. The third-order valence-electron chi connectivity index (χ3n) is 1.27. The molecular formula is C8H8NO3. The van der Waals surface area contributed by atoms with Crippen LogP contribution in [0.1, 0.15) is 6.92 Å². The van der Waals surface area contributed by atoms with Gasteiger partial charge in [-0.1, -0.05) is 0 Å². The molecular weight excluding hydrogens is 158 g/mol. The highest BCUT2D eigenvalue weighted by atomic mass is 16.6. The van der Waals surface area contributed by atoms with Crippen molar-refractivity contribution in [2.24, 2.45) is 0 Å². The average Bonchev–Trinajstić information content (AvgIpc) is 2.05. The molecule has 0 aliphatic rings. The summed E-state index contributed by atoms with van der Waals surface area (Å²) in [4.78, 5) is 9.83. The fourth-order valence-electron chi connectivity index (χ4n) is 0.786. The van der Waals surface area contributed by atoms with Crippen molar-refractivity contribution >= 4 is 5.69 Å². The van der Waals surface area contributed by atoms with Gasteiger partial charge < -0.3 is 4.74 Å². The summed E-state index contributed by atoms with van der Waals surface area (Å²) >= 11 is 0. The second-order valence-electron chi connectivity index (χ2n) is 2.10. The molecule has 0 saturated heterocycles. The molecule has 0 atom stereocenters. The van der Waals surface area contributed by atoms with E-state index >= 15 is 0 Å². The highest BCUT2D eigenvalue weighted by Gasteiger charge is 2.05. The Morgan fingerprint density at radius 2 is 2.50 bits per heavy atom. The topological polar surface area (TPSA) is 52.4 Å². The second-order valence-corrected chi connectivity index (χ2v) is 2.10. The molecule has 0 bridgehead atoms. The van der Waals surface area contributed by atoms with Gasteiger partial charge in [0, 0.05) is 12.1 Å². The lowest BCUT2D eigenvalue weighted by molar-refractivity contribution is -0.384. The van der Waals surface area contributed by atoms with E-state index in [2.05, 4.69) is 6.07 Å². The molecule has 1 aromatic rings. The SMILES string of the molecule is CCOc1[c]ccc([N+](=O)[O-])c1. The van der Waals surface area contributed by atoms with Crippen LogP contribution in [0.25, 0.3) is 0 Å². The quantitative estimate of drug-likeness (QED) is 0.508. The maximum atomic E-state index is 10.3. The zero-order valence-electron chi connectivity index (χ0n) is 6.61. The summed E-state index contributed by atoms with van der Waals surface area (Å²) in [6.45, 7) is 2.30. The van der Waals surface area contributed by atoms with E-state index in [1.807, 2.05) is 6.92 Å². The summed E-state index contributed by atoms with van der Waals surface area (Å²) in [5.41, 5.74) is 0.0252. The van der Waals surface area contributed by atoms with Crippen LogP contribution in [0.3, 0.4) is 0 Å². The van der Waals surface area contributed by atoms with E-state index < -0.39 is 4.92 Å².